The molecule has 4 heteroatoms. The Balaban J connectivity index is 2.22. The fourth-order valence-corrected chi connectivity index (χ4v) is 3.22. The lowest BCUT2D eigenvalue weighted by Crippen LogP contribution is -2.42. The van der Waals surface area contributed by atoms with E-state index in [2.05, 4.69) is 29.8 Å². The van der Waals surface area contributed by atoms with Gasteiger partial charge in [-0.05, 0) is 36.5 Å². The van der Waals surface area contributed by atoms with Crippen LogP contribution in [0.4, 0.5) is 0 Å². The second-order valence-corrected chi connectivity index (χ2v) is 6.60. The summed E-state index contributed by atoms with van der Waals surface area (Å²) in [4.78, 5) is 14.4. The predicted molar refractivity (Wildman–Crippen MR) is 78.0 cm³/mol. The molecule has 1 amide bonds. The maximum absolute atomic E-state index is 12.5. The first-order valence-electron chi connectivity index (χ1n) is 6.21. The van der Waals surface area contributed by atoms with E-state index < -0.39 is 0 Å². The Kier molecular flexibility index (Phi) is 4.33. The van der Waals surface area contributed by atoms with Crippen molar-refractivity contribution in [1.82, 2.24) is 4.90 Å². The number of nitrogens with zero attached hydrogens (tertiary/aromatic N) is 1. The highest BCUT2D eigenvalue weighted by atomic mass is 79.9. The van der Waals surface area contributed by atoms with E-state index in [0.717, 1.165) is 17.6 Å². The molecular formula is C14H17BrClNO. The second kappa shape index (κ2) is 5.62. The molecule has 0 spiro atoms. The molecule has 2 atom stereocenters. The van der Waals surface area contributed by atoms with Gasteiger partial charge >= 0.3 is 0 Å². The quantitative estimate of drug-likeness (QED) is 0.755. The first-order chi connectivity index (χ1) is 8.47. The van der Waals surface area contributed by atoms with Crippen molar-refractivity contribution < 1.29 is 4.79 Å². The van der Waals surface area contributed by atoms with Crippen LogP contribution in [0.25, 0.3) is 0 Å². The molecule has 1 aromatic rings. The minimum atomic E-state index is 0.0414. The van der Waals surface area contributed by atoms with Gasteiger partial charge in [0.25, 0.3) is 5.91 Å². The Morgan fingerprint density at radius 1 is 1.33 bits per heavy atom. The van der Waals surface area contributed by atoms with Crippen molar-refractivity contribution in [3.63, 3.8) is 0 Å². The predicted octanol–water partition coefficient (Wildman–Crippen LogP) is 4.22. The first kappa shape index (κ1) is 13.9. The third-order valence-corrected chi connectivity index (χ3v) is 4.14. The summed E-state index contributed by atoms with van der Waals surface area (Å²) in [5, 5.41) is 0.522. The van der Waals surface area contributed by atoms with E-state index in [9.17, 15) is 4.79 Å². The molecule has 0 radical (unpaired) electrons. The number of rotatable bonds is 1. The lowest BCUT2D eigenvalue weighted by molar-refractivity contribution is 0.0623. The molecule has 1 heterocycles. The van der Waals surface area contributed by atoms with Gasteiger partial charge in [-0.2, -0.15) is 0 Å². The van der Waals surface area contributed by atoms with Crippen LogP contribution >= 0.6 is 27.5 Å². The molecule has 1 aliphatic heterocycles. The number of halogens is 2. The van der Waals surface area contributed by atoms with Gasteiger partial charge in [-0.15, -0.1) is 0 Å². The lowest BCUT2D eigenvalue weighted by Gasteiger charge is -2.35. The van der Waals surface area contributed by atoms with Crippen molar-refractivity contribution in [3.05, 3.63) is 33.3 Å². The van der Waals surface area contributed by atoms with Gasteiger partial charge in [0.1, 0.15) is 0 Å². The molecule has 98 valence electrons. The van der Waals surface area contributed by atoms with Gasteiger partial charge in [0.05, 0.1) is 10.6 Å². The zero-order chi connectivity index (χ0) is 13.3. The average Bonchev–Trinajstić information content (AvgIpc) is 2.30. The van der Waals surface area contributed by atoms with E-state index in [1.54, 1.807) is 12.1 Å². The topological polar surface area (TPSA) is 20.3 Å². The van der Waals surface area contributed by atoms with Crippen LogP contribution in [0.1, 0.15) is 30.6 Å². The Morgan fingerprint density at radius 3 is 2.56 bits per heavy atom. The van der Waals surface area contributed by atoms with Crippen molar-refractivity contribution in [2.75, 3.05) is 13.1 Å². The maximum atomic E-state index is 12.5. The van der Waals surface area contributed by atoms with Crippen LogP contribution in [0.3, 0.4) is 0 Å². The number of carbonyl (C=O) groups is 1. The third kappa shape index (κ3) is 3.07. The molecular weight excluding hydrogens is 314 g/mol. The largest absolute Gasteiger partial charge is 0.338 e. The lowest BCUT2D eigenvalue weighted by atomic mass is 9.91. The van der Waals surface area contributed by atoms with Gasteiger partial charge in [0.15, 0.2) is 0 Å². The summed E-state index contributed by atoms with van der Waals surface area (Å²) >= 11 is 9.50. The number of carbonyl (C=O) groups excluding carboxylic acids is 1. The van der Waals surface area contributed by atoms with E-state index in [1.165, 1.54) is 6.42 Å². The average molecular weight is 331 g/mol. The Bertz CT molecular complexity index is 453. The molecule has 1 aliphatic rings. The number of likely N-dealkylation sites (tertiary alicyclic amines) is 1. The van der Waals surface area contributed by atoms with E-state index in [0.29, 0.717) is 22.4 Å². The zero-order valence-corrected chi connectivity index (χ0v) is 13.0. The molecule has 0 unspecified atom stereocenters. The highest BCUT2D eigenvalue weighted by molar-refractivity contribution is 9.10. The van der Waals surface area contributed by atoms with Crippen LogP contribution in [-0.4, -0.2) is 23.9 Å². The van der Waals surface area contributed by atoms with Crippen LogP contribution in [0.15, 0.2) is 22.7 Å². The maximum Gasteiger partial charge on any atom is 0.255 e. The summed E-state index contributed by atoms with van der Waals surface area (Å²) in [6.07, 6.45) is 1.19. The van der Waals surface area contributed by atoms with E-state index in [-0.39, 0.29) is 5.91 Å². The fraction of sp³-hybridized carbons (Fsp3) is 0.500. The smallest absolute Gasteiger partial charge is 0.255 e. The molecule has 2 rings (SSSR count). The van der Waals surface area contributed by atoms with E-state index >= 15 is 0 Å². The molecule has 0 aromatic heterocycles. The number of piperidine rings is 1. The van der Waals surface area contributed by atoms with Crippen LogP contribution in [-0.2, 0) is 0 Å². The first-order valence-corrected chi connectivity index (χ1v) is 7.38. The Hall–Kier alpha value is -0.540. The van der Waals surface area contributed by atoms with Crippen molar-refractivity contribution in [1.29, 1.82) is 0 Å². The number of amides is 1. The standard InChI is InChI=1S/C14H17BrClNO/c1-9-5-10(2)8-17(7-9)14(18)12-6-11(15)3-4-13(12)16/h3-4,6,9-10H,5,7-8H2,1-2H3/t9-,10-/m0/s1. The number of hydrogen-bond donors (Lipinski definition) is 0. The van der Waals surface area contributed by atoms with Gasteiger partial charge in [-0.25, -0.2) is 0 Å². The molecule has 0 saturated carbocycles. The van der Waals surface area contributed by atoms with Crippen LogP contribution in [0.2, 0.25) is 5.02 Å². The second-order valence-electron chi connectivity index (χ2n) is 5.28. The highest BCUT2D eigenvalue weighted by Gasteiger charge is 2.27. The monoisotopic (exact) mass is 329 g/mol. The third-order valence-electron chi connectivity index (χ3n) is 3.31. The molecule has 0 aliphatic carbocycles. The Morgan fingerprint density at radius 2 is 1.94 bits per heavy atom. The Labute approximate surface area is 121 Å². The minimum absolute atomic E-state index is 0.0414. The zero-order valence-electron chi connectivity index (χ0n) is 10.6. The van der Waals surface area contributed by atoms with Crippen molar-refractivity contribution in [2.24, 2.45) is 11.8 Å². The molecule has 1 aromatic carbocycles. The van der Waals surface area contributed by atoms with Gasteiger partial charge < -0.3 is 4.90 Å². The molecule has 18 heavy (non-hydrogen) atoms. The van der Waals surface area contributed by atoms with Crippen molar-refractivity contribution in [3.8, 4) is 0 Å². The van der Waals surface area contributed by atoms with Gasteiger partial charge in [0, 0.05) is 17.6 Å². The highest BCUT2D eigenvalue weighted by Crippen LogP contribution is 2.26. The molecule has 1 fully saturated rings. The summed E-state index contributed by atoms with van der Waals surface area (Å²) in [5.74, 6) is 1.16. The summed E-state index contributed by atoms with van der Waals surface area (Å²) in [5.41, 5.74) is 0.590. The van der Waals surface area contributed by atoms with Crippen LogP contribution in [0, 0.1) is 11.8 Å². The van der Waals surface area contributed by atoms with Gasteiger partial charge in [-0.3, -0.25) is 4.79 Å². The molecule has 2 nitrogen and oxygen atoms in total. The van der Waals surface area contributed by atoms with E-state index in [4.69, 9.17) is 11.6 Å². The SMILES string of the molecule is C[C@H]1C[C@H](C)CN(C(=O)c2cc(Br)ccc2Cl)C1. The molecule has 0 bridgehead atoms. The fourth-order valence-electron chi connectivity index (χ4n) is 2.66. The van der Waals surface area contributed by atoms with Gasteiger partial charge in [-0.1, -0.05) is 41.4 Å². The summed E-state index contributed by atoms with van der Waals surface area (Å²) in [6, 6.07) is 5.41. The summed E-state index contributed by atoms with van der Waals surface area (Å²) in [7, 11) is 0. The van der Waals surface area contributed by atoms with Crippen molar-refractivity contribution >= 4 is 33.4 Å². The van der Waals surface area contributed by atoms with Crippen molar-refractivity contribution in [2.45, 2.75) is 20.3 Å². The number of hydrogen-bond acceptors (Lipinski definition) is 1. The number of benzene rings is 1. The van der Waals surface area contributed by atoms with Crippen LogP contribution < -0.4 is 0 Å². The normalized spacial score (nSPS) is 24.1. The van der Waals surface area contributed by atoms with E-state index in [1.807, 2.05) is 11.0 Å². The summed E-state index contributed by atoms with van der Waals surface area (Å²) < 4.78 is 0.883. The van der Waals surface area contributed by atoms with Crippen LogP contribution in [0.5, 0.6) is 0 Å². The van der Waals surface area contributed by atoms with Gasteiger partial charge in [0.2, 0.25) is 0 Å². The minimum Gasteiger partial charge on any atom is -0.338 e. The molecule has 1 saturated heterocycles. The summed E-state index contributed by atoms with van der Waals surface area (Å²) in [6.45, 7) is 6.04. The molecule has 0 N–H and O–H groups in total.